The molecule has 2 rings (SSSR count). The van der Waals surface area contributed by atoms with E-state index in [2.05, 4.69) is 10.3 Å². The molecule has 2 aromatic rings. The third-order valence-corrected chi connectivity index (χ3v) is 4.14. The number of halogens is 4. The van der Waals surface area contributed by atoms with E-state index in [4.69, 9.17) is 11.6 Å². The molecule has 9 heteroatoms. The standard InChI is InChI=1S/C18H17ClF3N3O2/c1-2-25(10-7-12-5-8-23-9-6-12)17(27)16(26)24-13-3-4-15(19)14(11-13)18(20,21)22/h3-6,8-9,11H,2,7,10H2,1H3,(H,24,26). The number of benzene rings is 1. The summed E-state index contributed by atoms with van der Waals surface area (Å²) >= 11 is 5.54. The highest BCUT2D eigenvalue weighted by Crippen LogP contribution is 2.36. The van der Waals surface area contributed by atoms with E-state index >= 15 is 0 Å². The van der Waals surface area contributed by atoms with Crippen LogP contribution in [0.2, 0.25) is 5.02 Å². The predicted octanol–water partition coefficient (Wildman–Crippen LogP) is 3.78. The highest BCUT2D eigenvalue weighted by molar-refractivity contribution is 6.39. The van der Waals surface area contributed by atoms with Crippen LogP contribution in [0.15, 0.2) is 42.7 Å². The van der Waals surface area contributed by atoms with Gasteiger partial charge >= 0.3 is 18.0 Å². The van der Waals surface area contributed by atoms with Crippen LogP contribution in [-0.2, 0) is 22.2 Å². The number of hydrogen-bond donors (Lipinski definition) is 1. The van der Waals surface area contributed by atoms with Crippen molar-refractivity contribution in [3.05, 3.63) is 58.9 Å². The van der Waals surface area contributed by atoms with Gasteiger partial charge in [-0.1, -0.05) is 11.6 Å². The summed E-state index contributed by atoms with van der Waals surface area (Å²) in [7, 11) is 0. The first-order valence-electron chi connectivity index (χ1n) is 8.08. The minimum absolute atomic E-state index is 0.157. The summed E-state index contributed by atoms with van der Waals surface area (Å²) in [5.41, 5.74) is -0.293. The fourth-order valence-corrected chi connectivity index (χ4v) is 2.59. The van der Waals surface area contributed by atoms with E-state index in [0.717, 1.165) is 11.6 Å². The number of amides is 2. The zero-order valence-electron chi connectivity index (χ0n) is 14.4. The topological polar surface area (TPSA) is 62.3 Å². The Kier molecular flexibility index (Phi) is 6.79. The molecule has 0 unspecified atom stereocenters. The van der Waals surface area contributed by atoms with Crippen LogP contribution in [0, 0.1) is 0 Å². The third-order valence-electron chi connectivity index (χ3n) is 3.81. The number of nitrogens with one attached hydrogen (secondary N) is 1. The molecule has 1 aromatic carbocycles. The van der Waals surface area contributed by atoms with E-state index < -0.39 is 28.6 Å². The molecule has 27 heavy (non-hydrogen) atoms. The number of anilines is 1. The van der Waals surface area contributed by atoms with E-state index in [-0.39, 0.29) is 12.2 Å². The average Bonchev–Trinajstić information content (AvgIpc) is 2.63. The number of carbonyl (C=O) groups is 2. The summed E-state index contributed by atoms with van der Waals surface area (Å²) in [6.07, 6.45) is -0.895. The van der Waals surface area contributed by atoms with Gasteiger partial charge in [0.1, 0.15) is 0 Å². The van der Waals surface area contributed by atoms with E-state index in [0.29, 0.717) is 19.0 Å². The zero-order chi connectivity index (χ0) is 20.0. The fourth-order valence-electron chi connectivity index (χ4n) is 2.37. The summed E-state index contributed by atoms with van der Waals surface area (Å²) in [4.78, 5) is 29.7. The Hall–Kier alpha value is -2.61. The zero-order valence-corrected chi connectivity index (χ0v) is 15.1. The Morgan fingerprint density at radius 1 is 1.19 bits per heavy atom. The molecule has 0 bridgehead atoms. The minimum atomic E-state index is -4.66. The molecular formula is C18H17ClF3N3O2. The third kappa shape index (κ3) is 5.68. The summed E-state index contributed by atoms with van der Waals surface area (Å²) in [6.45, 7) is 2.29. The lowest BCUT2D eigenvalue weighted by Crippen LogP contribution is -2.40. The minimum Gasteiger partial charge on any atom is -0.334 e. The van der Waals surface area contributed by atoms with E-state index in [9.17, 15) is 22.8 Å². The lowest BCUT2D eigenvalue weighted by molar-refractivity contribution is -0.143. The van der Waals surface area contributed by atoms with Gasteiger partial charge in [-0.25, -0.2) is 0 Å². The molecule has 0 aliphatic rings. The molecule has 0 fully saturated rings. The number of likely N-dealkylation sites (N-methyl/N-ethyl adjacent to an activating group) is 1. The van der Waals surface area contributed by atoms with Gasteiger partial charge in [-0.15, -0.1) is 0 Å². The quantitative estimate of drug-likeness (QED) is 0.778. The number of aromatic nitrogens is 1. The Labute approximate surface area is 159 Å². The molecule has 0 atom stereocenters. The van der Waals surface area contributed by atoms with E-state index in [1.807, 2.05) is 0 Å². The van der Waals surface area contributed by atoms with Gasteiger partial charge in [0.25, 0.3) is 0 Å². The highest BCUT2D eigenvalue weighted by atomic mass is 35.5. The normalized spacial score (nSPS) is 11.1. The molecule has 0 aliphatic carbocycles. The van der Waals surface area contributed by atoms with Gasteiger partial charge in [0.15, 0.2) is 0 Å². The van der Waals surface area contributed by atoms with Crippen molar-refractivity contribution in [3.8, 4) is 0 Å². The molecule has 1 heterocycles. The first-order valence-corrected chi connectivity index (χ1v) is 8.46. The van der Waals surface area contributed by atoms with E-state index in [1.54, 1.807) is 31.5 Å². The van der Waals surface area contributed by atoms with Crippen LogP contribution in [0.5, 0.6) is 0 Å². The largest absolute Gasteiger partial charge is 0.417 e. The number of carbonyl (C=O) groups excluding carboxylic acids is 2. The van der Waals surface area contributed by atoms with Crippen LogP contribution < -0.4 is 5.32 Å². The lowest BCUT2D eigenvalue weighted by Gasteiger charge is -2.20. The summed E-state index contributed by atoms with van der Waals surface area (Å²) in [5, 5.41) is 1.71. The lowest BCUT2D eigenvalue weighted by atomic mass is 10.2. The summed E-state index contributed by atoms with van der Waals surface area (Å²) in [5.74, 6) is -1.84. The molecule has 5 nitrogen and oxygen atoms in total. The monoisotopic (exact) mass is 399 g/mol. The molecule has 144 valence electrons. The molecule has 0 saturated carbocycles. The maximum Gasteiger partial charge on any atom is 0.417 e. The molecule has 0 saturated heterocycles. The maximum atomic E-state index is 12.9. The number of hydrogen-bond acceptors (Lipinski definition) is 3. The Bertz CT molecular complexity index is 813. The van der Waals surface area contributed by atoms with Crippen molar-refractivity contribution in [1.82, 2.24) is 9.88 Å². The fraction of sp³-hybridized carbons (Fsp3) is 0.278. The van der Waals surface area contributed by atoms with Crippen molar-refractivity contribution >= 4 is 29.1 Å². The number of alkyl halides is 3. The second-order valence-electron chi connectivity index (χ2n) is 5.64. The molecular weight excluding hydrogens is 383 g/mol. The van der Waals surface area contributed by atoms with Crippen LogP contribution in [-0.4, -0.2) is 34.8 Å². The van der Waals surface area contributed by atoms with Crippen LogP contribution >= 0.6 is 11.6 Å². The first-order chi connectivity index (χ1) is 12.7. The molecule has 1 aromatic heterocycles. The number of rotatable bonds is 5. The predicted molar refractivity (Wildman–Crippen MR) is 95.3 cm³/mol. The summed E-state index contributed by atoms with van der Waals surface area (Å²) < 4.78 is 38.7. The van der Waals surface area contributed by atoms with Crippen LogP contribution in [0.25, 0.3) is 0 Å². The van der Waals surface area contributed by atoms with Gasteiger partial charge in [0.2, 0.25) is 0 Å². The van der Waals surface area contributed by atoms with Crippen molar-refractivity contribution in [2.45, 2.75) is 19.5 Å². The van der Waals surface area contributed by atoms with Crippen LogP contribution in [0.4, 0.5) is 18.9 Å². The average molecular weight is 400 g/mol. The van der Waals surface area contributed by atoms with Gasteiger partial charge in [0.05, 0.1) is 10.6 Å². The highest BCUT2D eigenvalue weighted by Gasteiger charge is 2.33. The Balaban J connectivity index is 2.04. The molecule has 2 amide bonds. The molecule has 1 N–H and O–H groups in total. The first kappa shape index (κ1) is 20.7. The van der Waals surface area contributed by atoms with Gasteiger partial charge in [-0.05, 0) is 49.2 Å². The van der Waals surface area contributed by atoms with Crippen molar-refractivity contribution in [3.63, 3.8) is 0 Å². The number of nitrogens with zero attached hydrogens (tertiary/aromatic N) is 2. The van der Waals surface area contributed by atoms with Crippen molar-refractivity contribution in [1.29, 1.82) is 0 Å². The molecule has 0 radical (unpaired) electrons. The van der Waals surface area contributed by atoms with Gasteiger partial charge < -0.3 is 10.2 Å². The second-order valence-corrected chi connectivity index (χ2v) is 6.04. The maximum absolute atomic E-state index is 12.9. The van der Waals surface area contributed by atoms with Crippen molar-refractivity contribution < 1.29 is 22.8 Å². The number of pyridine rings is 1. The Morgan fingerprint density at radius 3 is 2.44 bits per heavy atom. The van der Waals surface area contributed by atoms with Gasteiger partial charge in [-0.3, -0.25) is 14.6 Å². The van der Waals surface area contributed by atoms with Crippen molar-refractivity contribution in [2.24, 2.45) is 0 Å². The summed E-state index contributed by atoms with van der Waals surface area (Å²) in [6, 6.07) is 6.51. The molecule has 0 aliphatic heterocycles. The Morgan fingerprint density at radius 2 is 1.85 bits per heavy atom. The molecule has 0 spiro atoms. The van der Waals surface area contributed by atoms with E-state index in [1.165, 1.54) is 11.0 Å². The van der Waals surface area contributed by atoms with Gasteiger partial charge in [-0.2, -0.15) is 13.2 Å². The second kappa shape index (κ2) is 8.85. The van der Waals surface area contributed by atoms with Crippen LogP contribution in [0.3, 0.4) is 0 Å². The van der Waals surface area contributed by atoms with Crippen molar-refractivity contribution in [2.75, 3.05) is 18.4 Å². The van der Waals surface area contributed by atoms with Gasteiger partial charge in [0, 0.05) is 31.2 Å². The SMILES string of the molecule is CCN(CCc1ccncc1)C(=O)C(=O)Nc1ccc(Cl)c(C(F)(F)F)c1. The smallest absolute Gasteiger partial charge is 0.334 e. The van der Waals surface area contributed by atoms with Crippen LogP contribution in [0.1, 0.15) is 18.1 Å².